The fraction of sp³-hybridized carbons (Fsp3) is 0.556. The number of aryl methyl sites for hydroxylation is 2. The zero-order valence-electron chi connectivity index (χ0n) is 13.7. The number of ether oxygens (including phenoxy) is 1. The van der Waals surface area contributed by atoms with Gasteiger partial charge in [0.25, 0.3) is 0 Å². The zero-order valence-corrected chi connectivity index (χ0v) is 13.7. The topological polar surface area (TPSA) is 49.9 Å². The largest absolute Gasteiger partial charge is 0.494 e. The Hall–Kier alpha value is -2.04. The summed E-state index contributed by atoms with van der Waals surface area (Å²) in [4.78, 5) is 27.0. The maximum absolute atomic E-state index is 12.0. The van der Waals surface area contributed by atoms with Crippen molar-refractivity contribution in [2.75, 3.05) is 32.8 Å². The standard InChI is InChI=1S/C18H24N2O3/c1-2-19-10-11-20(18(22)17(19)21)9-4-12-23-16-8-7-14-5-3-6-15(14)13-16/h7-8,13H,2-6,9-12H2,1H3. The molecule has 1 aromatic rings. The fourth-order valence-electron chi connectivity index (χ4n) is 3.31. The average molecular weight is 316 g/mol. The number of carbonyl (C=O) groups excluding carboxylic acids is 2. The van der Waals surface area contributed by atoms with E-state index in [-0.39, 0.29) is 11.8 Å². The van der Waals surface area contributed by atoms with Crippen LogP contribution in [0.4, 0.5) is 0 Å². The van der Waals surface area contributed by atoms with Gasteiger partial charge in [0, 0.05) is 26.2 Å². The van der Waals surface area contributed by atoms with Gasteiger partial charge in [0.2, 0.25) is 0 Å². The third-order valence-corrected chi connectivity index (χ3v) is 4.69. The quantitative estimate of drug-likeness (QED) is 0.592. The Morgan fingerprint density at radius 1 is 1.04 bits per heavy atom. The van der Waals surface area contributed by atoms with Crippen molar-refractivity contribution >= 4 is 11.8 Å². The molecule has 2 aliphatic rings. The minimum atomic E-state index is -0.379. The summed E-state index contributed by atoms with van der Waals surface area (Å²) in [6.07, 6.45) is 4.29. The molecule has 0 bridgehead atoms. The van der Waals surface area contributed by atoms with E-state index in [0.717, 1.165) is 18.6 Å². The highest BCUT2D eigenvalue weighted by Gasteiger charge is 2.30. The van der Waals surface area contributed by atoms with Gasteiger partial charge in [-0.2, -0.15) is 0 Å². The highest BCUT2D eigenvalue weighted by molar-refractivity contribution is 6.35. The van der Waals surface area contributed by atoms with E-state index in [0.29, 0.717) is 32.8 Å². The number of carbonyl (C=O) groups is 2. The van der Waals surface area contributed by atoms with E-state index in [9.17, 15) is 9.59 Å². The molecule has 2 amide bonds. The number of rotatable bonds is 6. The lowest BCUT2D eigenvalue weighted by atomic mass is 10.1. The Morgan fingerprint density at radius 2 is 1.78 bits per heavy atom. The molecule has 1 aromatic carbocycles. The molecule has 3 rings (SSSR count). The predicted octanol–water partition coefficient (Wildman–Crippen LogP) is 1.63. The molecule has 0 unspecified atom stereocenters. The lowest BCUT2D eigenvalue weighted by Gasteiger charge is -2.33. The van der Waals surface area contributed by atoms with Crippen LogP contribution in [0.15, 0.2) is 18.2 Å². The van der Waals surface area contributed by atoms with Crippen LogP contribution >= 0.6 is 0 Å². The molecule has 0 saturated carbocycles. The maximum atomic E-state index is 12.0. The lowest BCUT2D eigenvalue weighted by Crippen LogP contribution is -2.54. The molecule has 1 heterocycles. The number of benzene rings is 1. The Morgan fingerprint density at radius 3 is 2.61 bits per heavy atom. The summed E-state index contributed by atoms with van der Waals surface area (Å²) in [5.41, 5.74) is 2.84. The van der Waals surface area contributed by atoms with E-state index < -0.39 is 0 Å². The van der Waals surface area contributed by atoms with Gasteiger partial charge in [-0.25, -0.2) is 0 Å². The van der Waals surface area contributed by atoms with E-state index in [2.05, 4.69) is 12.1 Å². The molecule has 1 saturated heterocycles. The Bertz CT molecular complexity index is 600. The molecule has 1 aliphatic carbocycles. The Labute approximate surface area is 137 Å². The molecule has 23 heavy (non-hydrogen) atoms. The number of fused-ring (bicyclic) bond motifs is 1. The summed E-state index contributed by atoms with van der Waals surface area (Å²) >= 11 is 0. The number of hydrogen-bond donors (Lipinski definition) is 0. The highest BCUT2D eigenvalue weighted by Crippen LogP contribution is 2.26. The maximum Gasteiger partial charge on any atom is 0.312 e. The molecule has 0 N–H and O–H groups in total. The van der Waals surface area contributed by atoms with Gasteiger partial charge in [-0.05, 0) is 55.9 Å². The third kappa shape index (κ3) is 3.49. The highest BCUT2D eigenvalue weighted by atomic mass is 16.5. The smallest absolute Gasteiger partial charge is 0.312 e. The zero-order chi connectivity index (χ0) is 16.2. The SMILES string of the molecule is CCN1CCN(CCCOc2ccc3c(c2)CCC3)C(=O)C1=O. The van der Waals surface area contributed by atoms with Crippen LogP contribution in [0.5, 0.6) is 5.75 Å². The van der Waals surface area contributed by atoms with Crippen molar-refractivity contribution in [2.24, 2.45) is 0 Å². The molecule has 5 nitrogen and oxygen atoms in total. The second kappa shape index (κ2) is 7.02. The van der Waals surface area contributed by atoms with Crippen molar-refractivity contribution < 1.29 is 14.3 Å². The first-order valence-electron chi connectivity index (χ1n) is 8.52. The average Bonchev–Trinajstić information content (AvgIpc) is 3.03. The molecular weight excluding hydrogens is 292 g/mol. The van der Waals surface area contributed by atoms with E-state index in [1.807, 2.05) is 13.0 Å². The fourth-order valence-corrected chi connectivity index (χ4v) is 3.31. The van der Waals surface area contributed by atoms with Crippen LogP contribution in [-0.2, 0) is 22.4 Å². The predicted molar refractivity (Wildman–Crippen MR) is 87.4 cm³/mol. The van der Waals surface area contributed by atoms with Crippen LogP contribution in [0, 0.1) is 0 Å². The first-order chi connectivity index (χ1) is 11.2. The van der Waals surface area contributed by atoms with Crippen LogP contribution in [-0.4, -0.2) is 54.4 Å². The van der Waals surface area contributed by atoms with Gasteiger partial charge in [-0.3, -0.25) is 9.59 Å². The van der Waals surface area contributed by atoms with Gasteiger partial charge in [0.15, 0.2) is 0 Å². The van der Waals surface area contributed by atoms with Crippen LogP contribution < -0.4 is 4.74 Å². The van der Waals surface area contributed by atoms with Crippen molar-refractivity contribution in [3.05, 3.63) is 29.3 Å². The summed E-state index contributed by atoms with van der Waals surface area (Å²) < 4.78 is 5.79. The van der Waals surface area contributed by atoms with Crippen LogP contribution in [0.3, 0.4) is 0 Å². The first-order valence-corrected chi connectivity index (χ1v) is 8.52. The van der Waals surface area contributed by atoms with E-state index in [4.69, 9.17) is 4.74 Å². The second-order valence-electron chi connectivity index (χ2n) is 6.16. The van der Waals surface area contributed by atoms with Gasteiger partial charge in [-0.15, -0.1) is 0 Å². The minimum absolute atomic E-state index is 0.377. The second-order valence-corrected chi connectivity index (χ2v) is 6.16. The van der Waals surface area contributed by atoms with Gasteiger partial charge in [0.05, 0.1) is 6.61 Å². The molecule has 0 radical (unpaired) electrons. The number of hydrogen-bond acceptors (Lipinski definition) is 3. The molecule has 1 aliphatic heterocycles. The summed E-state index contributed by atoms with van der Waals surface area (Å²) in [7, 11) is 0. The summed E-state index contributed by atoms with van der Waals surface area (Å²) in [6.45, 7) is 4.89. The van der Waals surface area contributed by atoms with Crippen molar-refractivity contribution in [1.82, 2.24) is 9.80 Å². The van der Waals surface area contributed by atoms with Gasteiger partial charge >= 0.3 is 11.8 Å². The van der Waals surface area contributed by atoms with E-state index in [1.165, 1.54) is 24.0 Å². The van der Waals surface area contributed by atoms with Crippen molar-refractivity contribution in [3.63, 3.8) is 0 Å². The van der Waals surface area contributed by atoms with Gasteiger partial charge in [0.1, 0.15) is 5.75 Å². The molecule has 124 valence electrons. The van der Waals surface area contributed by atoms with Crippen LogP contribution in [0.25, 0.3) is 0 Å². The summed E-state index contributed by atoms with van der Waals surface area (Å²) in [5, 5.41) is 0. The van der Waals surface area contributed by atoms with Gasteiger partial charge in [-0.1, -0.05) is 6.07 Å². The van der Waals surface area contributed by atoms with Crippen LogP contribution in [0.1, 0.15) is 30.9 Å². The van der Waals surface area contributed by atoms with Gasteiger partial charge < -0.3 is 14.5 Å². The van der Waals surface area contributed by atoms with Crippen molar-refractivity contribution in [2.45, 2.75) is 32.6 Å². The molecule has 0 atom stereocenters. The van der Waals surface area contributed by atoms with Crippen molar-refractivity contribution in [3.8, 4) is 5.75 Å². The molecule has 0 aromatic heterocycles. The Balaban J connectivity index is 1.43. The number of amides is 2. The third-order valence-electron chi connectivity index (χ3n) is 4.69. The lowest BCUT2D eigenvalue weighted by molar-refractivity contribution is -0.155. The molecule has 1 fully saturated rings. The number of likely N-dealkylation sites (N-methyl/N-ethyl adjacent to an activating group) is 1. The molecule has 5 heteroatoms. The summed E-state index contributed by atoms with van der Waals surface area (Å²) in [5.74, 6) is 0.151. The van der Waals surface area contributed by atoms with Crippen LogP contribution in [0.2, 0.25) is 0 Å². The van der Waals surface area contributed by atoms with E-state index in [1.54, 1.807) is 9.80 Å². The molecule has 0 spiro atoms. The molecular formula is C18H24N2O3. The Kier molecular flexibility index (Phi) is 4.84. The number of nitrogens with zero attached hydrogens (tertiary/aromatic N) is 2. The normalized spacial score (nSPS) is 17.6. The monoisotopic (exact) mass is 316 g/mol. The minimum Gasteiger partial charge on any atom is -0.494 e. The first kappa shape index (κ1) is 15.8. The summed E-state index contributed by atoms with van der Waals surface area (Å²) in [6, 6.07) is 6.32. The van der Waals surface area contributed by atoms with Crippen molar-refractivity contribution in [1.29, 1.82) is 0 Å². The number of piperazine rings is 1. The van der Waals surface area contributed by atoms with E-state index >= 15 is 0 Å².